The van der Waals surface area contributed by atoms with Gasteiger partial charge in [-0.3, -0.25) is 4.79 Å². The number of carbonyl (C=O) groups is 2. The molecule has 5 N–H and O–H groups in total. The summed E-state index contributed by atoms with van der Waals surface area (Å²) in [6.45, 7) is 4.03. The van der Waals surface area contributed by atoms with Crippen LogP contribution in [0.5, 0.6) is 0 Å². The number of hydrogen-bond acceptors (Lipinski definition) is 3. The number of urea groups is 1. The van der Waals surface area contributed by atoms with Gasteiger partial charge in [0.25, 0.3) is 0 Å². The number of benzene rings is 1. The first kappa shape index (κ1) is 15.0. The summed E-state index contributed by atoms with van der Waals surface area (Å²) in [4.78, 5) is 22.5. The zero-order valence-electron chi connectivity index (χ0n) is 11.1. The summed E-state index contributed by atoms with van der Waals surface area (Å²) in [6.07, 6.45) is 0. The summed E-state index contributed by atoms with van der Waals surface area (Å²) < 4.78 is 0. The number of carbonyl (C=O) groups excluding carboxylic acids is 1. The molecule has 0 spiro atoms. The Balaban J connectivity index is 2.72. The molecule has 6 nitrogen and oxygen atoms in total. The molecule has 19 heavy (non-hydrogen) atoms. The number of rotatable bonds is 5. The van der Waals surface area contributed by atoms with Gasteiger partial charge in [0.2, 0.25) is 0 Å². The SMILES string of the molecule is CC(C)(C(=O)O)c1ccc(NC(=O)NCCN)cc1. The zero-order chi connectivity index (χ0) is 14.5. The third kappa shape index (κ3) is 3.96. The highest BCUT2D eigenvalue weighted by atomic mass is 16.4. The molecular weight excluding hydrogens is 246 g/mol. The number of carboxylic acid groups (broad SMARTS) is 1. The molecule has 1 rings (SSSR count). The van der Waals surface area contributed by atoms with Crippen molar-refractivity contribution in [1.82, 2.24) is 5.32 Å². The van der Waals surface area contributed by atoms with Crippen molar-refractivity contribution in [2.45, 2.75) is 19.3 Å². The van der Waals surface area contributed by atoms with Gasteiger partial charge >= 0.3 is 12.0 Å². The smallest absolute Gasteiger partial charge is 0.319 e. The van der Waals surface area contributed by atoms with E-state index in [0.717, 1.165) is 0 Å². The lowest BCUT2D eigenvalue weighted by Gasteiger charge is -2.19. The number of amides is 2. The number of aliphatic carboxylic acids is 1. The monoisotopic (exact) mass is 265 g/mol. The summed E-state index contributed by atoms with van der Waals surface area (Å²) in [5.41, 5.74) is 5.58. The van der Waals surface area contributed by atoms with Crippen molar-refractivity contribution in [1.29, 1.82) is 0 Å². The number of nitrogens with one attached hydrogen (secondary N) is 2. The number of carboxylic acids is 1. The molecule has 0 saturated carbocycles. The summed E-state index contributed by atoms with van der Waals surface area (Å²) in [7, 11) is 0. The molecule has 0 aromatic heterocycles. The fourth-order valence-corrected chi connectivity index (χ4v) is 1.45. The fraction of sp³-hybridized carbons (Fsp3) is 0.385. The first-order valence-electron chi connectivity index (χ1n) is 5.97. The normalized spacial score (nSPS) is 10.9. The van der Waals surface area contributed by atoms with Crippen molar-refractivity contribution < 1.29 is 14.7 Å². The highest BCUT2D eigenvalue weighted by molar-refractivity contribution is 5.89. The maximum atomic E-state index is 11.4. The molecule has 1 aromatic rings. The predicted octanol–water partition coefficient (Wildman–Crippen LogP) is 1.13. The molecule has 0 bridgehead atoms. The molecule has 104 valence electrons. The lowest BCUT2D eigenvalue weighted by atomic mass is 9.85. The minimum absolute atomic E-state index is 0.337. The Kier molecular flexibility index (Phi) is 4.88. The number of hydrogen-bond donors (Lipinski definition) is 4. The van der Waals surface area contributed by atoms with Gasteiger partial charge < -0.3 is 21.5 Å². The van der Waals surface area contributed by atoms with Crippen molar-refractivity contribution in [3.8, 4) is 0 Å². The van der Waals surface area contributed by atoms with Crippen LogP contribution in [0.3, 0.4) is 0 Å². The van der Waals surface area contributed by atoms with Crippen molar-refractivity contribution in [2.75, 3.05) is 18.4 Å². The Morgan fingerprint density at radius 1 is 1.26 bits per heavy atom. The minimum Gasteiger partial charge on any atom is -0.481 e. The third-order valence-corrected chi connectivity index (χ3v) is 2.83. The van der Waals surface area contributed by atoms with Crippen LogP contribution in [0.1, 0.15) is 19.4 Å². The van der Waals surface area contributed by atoms with E-state index in [1.54, 1.807) is 38.1 Å². The van der Waals surface area contributed by atoms with Crippen molar-refractivity contribution in [2.24, 2.45) is 5.73 Å². The summed E-state index contributed by atoms with van der Waals surface area (Å²) >= 11 is 0. The van der Waals surface area contributed by atoms with Crippen LogP contribution < -0.4 is 16.4 Å². The van der Waals surface area contributed by atoms with E-state index in [2.05, 4.69) is 10.6 Å². The first-order chi connectivity index (χ1) is 8.87. The van der Waals surface area contributed by atoms with Gasteiger partial charge in [0.05, 0.1) is 5.41 Å². The molecule has 0 atom stereocenters. The molecule has 0 unspecified atom stereocenters. The van der Waals surface area contributed by atoms with E-state index in [4.69, 9.17) is 10.8 Å². The standard InChI is InChI=1S/C13H19N3O3/c1-13(2,11(17)18)9-3-5-10(6-4-9)16-12(19)15-8-7-14/h3-6H,7-8,14H2,1-2H3,(H,17,18)(H2,15,16,19). The molecule has 1 aromatic carbocycles. The Morgan fingerprint density at radius 2 is 1.84 bits per heavy atom. The maximum Gasteiger partial charge on any atom is 0.319 e. The van der Waals surface area contributed by atoms with Gasteiger partial charge in [0, 0.05) is 18.8 Å². The second kappa shape index (κ2) is 6.19. The van der Waals surface area contributed by atoms with Crippen LogP contribution in [-0.2, 0) is 10.2 Å². The molecule has 0 saturated heterocycles. The minimum atomic E-state index is -0.958. The first-order valence-corrected chi connectivity index (χ1v) is 5.97. The molecular formula is C13H19N3O3. The van der Waals surface area contributed by atoms with E-state index in [1.807, 2.05) is 0 Å². The molecule has 0 aliphatic carbocycles. The predicted molar refractivity (Wildman–Crippen MR) is 73.2 cm³/mol. The van der Waals surface area contributed by atoms with E-state index in [-0.39, 0.29) is 6.03 Å². The highest BCUT2D eigenvalue weighted by Gasteiger charge is 2.29. The van der Waals surface area contributed by atoms with Gasteiger partial charge in [-0.05, 0) is 31.5 Å². The molecule has 0 fully saturated rings. The molecule has 2 amide bonds. The van der Waals surface area contributed by atoms with Crippen molar-refractivity contribution in [3.05, 3.63) is 29.8 Å². The number of nitrogens with two attached hydrogens (primary N) is 1. The van der Waals surface area contributed by atoms with Gasteiger partial charge in [0.15, 0.2) is 0 Å². The zero-order valence-corrected chi connectivity index (χ0v) is 11.1. The molecule has 6 heteroatoms. The Morgan fingerprint density at radius 3 is 2.32 bits per heavy atom. The second-order valence-electron chi connectivity index (χ2n) is 4.68. The molecule has 0 aliphatic heterocycles. The van der Waals surface area contributed by atoms with Gasteiger partial charge in [-0.2, -0.15) is 0 Å². The lowest BCUT2D eigenvalue weighted by Crippen LogP contribution is -2.33. The van der Waals surface area contributed by atoms with Crippen LogP contribution in [-0.4, -0.2) is 30.2 Å². The highest BCUT2D eigenvalue weighted by Crippen LogP contribution is 2.24. The van der Waals surface area contributed by atoms with Crippen LogP contribution in [0.15, 0.2) is 24.3 Å². The van der Waals surface area contributed by atoms with E-state index in [1.165, 1.54) is 0 Å². The molecule has 0 aliphatic rings. The van der Waals surface area contributed by atoms with Crippen LogP contribution >= 0.6 is 0 Å². The van der Waals surface area contributed by atoms with E-state index < -0.39 is 11.4 Å². The van der Waals surface area contributed by atoms with Gasteiger partial charge in [-0.25, -0.2) is 4.79 Å². The Hall–Kier alpha value is -2.08. The Bertz CT molecular complexity index is 455. The quantitative estimate of drug-likeness (QED) is 0.640. The van der Waals surface area contributed by atoms with E-state index >= 15 is 0 Å². The summed E-state index contributed by atoms with van der Waals surface area (Å²) in [6, 6.07) is 6.37. The van der Waals surface area contributed by atoms with Crippen molar-refractivity contribution in [3.63, 3.8) is 0 Å². The Labute approximate surface area is 112 Å². The van der Waals surface area contributed by atoms with Gasteiger partial charge in [0.1, 0.15) is 0 Å². The van der Waals surface area contributed by atoms with Crippen LogP contribution in [0.2, 0.25) is 0 Å². The fourth-order valence-electron chi connectivity index (χ4n) is 1.45. The molecule has 0 radical (unpaired) electrons. The van der Waals surface area contributed by atoms with Crippen LogP contribution in [0.4, 0.5) is 10.5 Å². The third-order valence-electron chi connectivity index (χ3n) is 2.83. The average molecular weight is 265 g/mol. The largest absolute Gasteiger partial charge is 0.481 e. The van der Waals surface area contributed by atoms with Crippen LogP contribution in [0, 0.1) is 0 Å². The topological polar surface area (TPSA) is 104 Å². The number of anilines is 1. The van der Waals surface area contributed by atoms with E-state index in [9.17, 15) is 9.59 Å². The average Bonchev–Trinajstić information content (AvgIpc) is 2.36. The lowest BCUT2D eigenvalue weighted by molar-refractivity contribution is -0.142. The van der Waals surface area contributed by atoms with Gasteiger partial charge in [-0.15, -0.1) is 0 Å². The van der Waals surface area contributed by atoms with Crippen LogP contribution in [0.25, 0.3) is 0 Å². The van der Waals surface area contributed by atoms with Gasteiger partial charge in [-0.1, -0.05) is 12.1 Å². The molecule has 0 heterocycles. The second-order valence-corrected chi connectivity index (χ2v) is 4.68. The van der Waals surface area contributed by atoms with Crippen molar-refractivity contribution >= 4 is 17.7 Å². The maximum absolute atomic E-state index is 11.4. The van der Waals surface area contributed by atoms with E-state index in [0.29, 0.717) is 24.3 Å². The summed E-state index contributed by atoms with van der Waals surface area (Å²) in [5.74, 6) is -0.895. The summed E-state index contributed by atoms with van der Waals surface area (Å²) in [5, 5.41) is 14.3.